The van der Waals surface area contributed by atoms with E-state index in [1.807, 2.05) is 0 Å². The quantitative estimate of drug-likeness (QED) is 0.582. The van der Waals surface area contributed by atoms with Crippen molar-refractivity contribution in [2.24, 2.45) is 0 Å². The maximum atomic E-state index is 12.1. The van der Waals surface area contributed by atoms with E-state index in [1.54, 1.807) is 0 Å². The van der Waals surface area contributed by atoms with E-state index in [9.17, 15) is 18.0 Å². The maximum absolute atomic E-state index is 12.1. The van der Waals surface area contributed by atoms with Crippen LogP contribution in [0.1, 0.15) is 12.5 Å². The van der Waals surface area contributed by atoms with Crippen molar-refractivity contribution in [2.75, 3.05) is 5.06 Å². The number of alkyl halides is 3. The maximum Gasteiger partial charge on any atom is 0.416 e. The van der Waals surface area contributed by atoms with Gasteiger partial charge in [-0.2, -0.15) is 18.2 Å². The minimum Gasteiger partial charge on any atom is -0.281 e. The Kier molecular flexibility index (Phi) is 2.99. The Morgan fingerprint density at radius 2 is 1.73 bits per heavy atom. The summed E-state index contributed by atoms with van der Waals surface area (Å²) >= 11 is 0. The van der Waals surface area contributed by atoms with Gasteiger partial charge in [0.25, 0.3) is 0 Å². The van der Waals surface area contributed by atoms with Gasteiger partial charge in [0, 0.05) is 6.92 Å². The summed E-state index contributed by atoms with van der Waals surface area (Å²) in [5.74, 6) is -0.672. The van der Waals surface area contributed by atoms with Crippen molar-refractivity contribution in [3.63, 3.8) is 0 Å². The third-order valence-electron chi connectivity index (χ3n) is 1.74. The van der Waals surface area contributed by atoms with Crippen LogP contribution in [0.4, 0.5) is 18.9 Å². The minimum atomic E-state index is -4.42. The Morgan fingerprint density at radius 3 is 2.07 bits per heavy atom. The van der Waals surface area contributed by atoms with Crippen LogP contribution in [0.25, 0.3) is 0 Å². The molecule has 1 aromatic carbocycles. The van der Waals surface area contributed by atoms with Gasteiger partial charge in [0.15, 0.2) is 0 Å². The zero-order chi connectivity index (χ0) is 11.6. The number of nitrogens with zero attached hydrogens (tertiary/aromatic N) is 1. The summed E-state index contributed by atoms with van der Waals surface area (Å²) in [7, 11) is 0. The van der Waals surface area contributed by atoms with Crippen LogP contribution in [-0.2, 0) is 11.0 Å². The summed E-state index contributed by atoms with van der Waals surface area (Å²) in [6.45, 7) is 1.09. The summed E-state index contributed by atoms with van der Waals surface area (Å²) in [4.78, 5) is 10.7. The first-order chi connectivity index (χ1) is 6.82. The summed E-state index contributed by atoms with van der Waals surface area (Å²) < 4.78 is 36.4. The fourth-order valence-corrected chi connectivity index (χ4v) is 0.973. The zero-order valence-corrected chi connectivity index (χ0v) is 7.75. The van der Waals surface area contributed by atoms with Crippen LogP contribution in [-0.4, -0.2) is 11.1 Å². The molecule has 0 unspecified atom stereocenters. The van der Waals surface area contributed by atoms with Gasteiger partial charge >= 0.3 is 6.18 Å². The minimum absolute atomic E-state index is 0.00417. The van der Waals surface area contributed by atoms with Crippen molar-refractivity contribution in [2.45, 2.75) is 13.1 Å². The molecule has 82 valence electrons. The second-order valence-electron chi connectivity index (χ2n) is 2.88. The smallest absolute Gasteiger partial charge is 0.281 e. The monoisotopic (exact) mass is 219 g/mol. The number of carbonyl (C=O) groups is 1. The molecule has 0 atom stereocenters. The fraction of sp³-hybridized carbons (Fsp3) is 0.222. The van der Waals surface area contributed by atoms with E-state index in [1.165, 1.54) is 0 Å². The Bertz CT molecular complexity index is 359. The van der Waals surface area contributed by atoms with Gasteiger partial charge in [0.1, 0.15) is 0 Å². The molecule has 0 spiro atoms. The topological polar surface area (TPSA) is 40.5 Å². The Morgan fingerprint density at radius 1 is 1.27 bits per heavy atom. The summed E-state index contributed by atoms with van der Waals surface area (Å²) in [6.07, 6.45) is -4.42. The molecule has 1 rings (SSSR count). The van der Waals surface area contributed by atoms with Crippen LogP contribution in [0.5, 0.6) is 0 Å². The van der Waals surface area contributed by atoms with Crippen molar-refractivity contribution < 1.29 is 23.2 Å². The highest BCUT2D eigenvalue weighted by atomic mass is 19.4. The predicted molar refractivity (Wildman–Crippen MR) is 46.4 cm³/mol. The normalized spacial score (nSPS) is 11.3. The average molecular weight is 219 g/mol. The van der Waals surface area contributed by atoms with Crippen LogP contribution in [0, 0.1) is 0 Å². The van der Waals surface area contributed by atoms with E-state index in [-0.39, 0.29) is 10.8 Å². The molecular weight excluding hydrogens is 211 g/mol. The van der Waals surface area contributed by atoms with Gasteiger partial charge in [0.05, 0.1) is 11.3 Å². The molecule has 0 bridgehead atoms. The van der Waals surface area contributed by atoms with E-state index in [0.29, 0.717) is 0 Å². The standard InChI is InChI=1S/C9H8F3NO2/c1-6(14)13(15)8-4-2-7(3-5-8)9(10,11)12/h2-5,15H,1H3. The number of rotatable bonds is 1. The lowest BCUT2D eigenvalue weighted by molar-refractivity contribution is -0.137. The van der Waals surface area contributed by atoms with Crippen LogP contribution < -0.4 is 5.06 Å². The molecule has 15 heavy (non-hydrogen) atoms. The summed E-state index contributed by atoms with van der Waals surface area (Å²) in [5, 5.41) is 9.37. The van der Waals surface area contributed by atoms with Gasteiger partial charge in [-0.1, -0.05) is 0 Å². The molecule has 0 aliphatic carbocycles. The second kappa shape index (κ2) is 3.90. The van der Waals surface area contributed by atoms with Gasteiger partial charge in [0.2, 0.25) is 5.91 Å². The third-order valence-corrected chi connectivity index (χ3v) is 1.74. The first kappa shape index (κ1) is 11.5. The molecule has 0 saturated heterocycles. The highest BCUT2D eigenvalue weighted by Crippen LogP contribution is 2.30. The Hall–Kier alpha value is -1.56. The second-order valence-corrected chi connectivity index (χ2v) is 2.88. The number of carbonyl (C=O) groups excluding carboxylic acids is 1. The number of halogens is 3. The Balaban J connectivity index is 2.95. The molecular formula is C9H8F3NO2. The SMILES string of the molecule is CC(=O)N(O)c1ccc(C(F)(F)F)cc1. The van der Waals surface area contributed by atoms with Crippen LogP contribution >= 0.6 is 0 Å². The predicted octanol–water partition coefficient (Wildman–Crippen LogP) is 2.45. The summed E-state index contributed by atoms with van der Waals surface area (Å²) in [6, 6.07) is 3.62. The van der Waals surface area contributed by atoms with Crippen LogP contribution in [0.2, 0.25) is 0 Å². The van der Waals surface area contributed by atoms with E-state index in [0.717, 1.165) is 31.2 Å². The van der Waals surface area contributed by atoms with Crippen LogP contribution in [0.3, 0.4) is 0 Å². The van der Waals surface area contributed by atoms with Crippen molar-refractivity contribution >= 4 is 11.6 Å². The number of benzene rings is 1. The van der Waals surface area contributed by atoms with Gasteiger partial charge < -0.3 is 0 Å². The molecule has 1 N–H and O–H groups in total. The first-order valence-electron chi connectivity index (χ1n) is 3.99. The molecule has 0 aliphatic heterocycles. The van der Waals surface area contributed by atoms with Crippen molar-refractivity contribution in [1.82, 2.24) is 0 Å². The molecule has 1 amide bonds. The van der Waals surface area contributed by atoms with Gasteiger partial charge in [-0.05, 0) is 24.3 Å². The number of hydrogen-bond acceptors (Lipinski definition) is 2. The van der Waals surface area contributed by atoms with Crippen molar-refractivity contribution in [3.8, 4) is 0 Å². The Labute approximate surface area is 83.7 Å². The molecule has 0 fully saturated rings. The number of anilines is 1. The highest BCUT2D eigenvalue weighted by molar-refractivity contribution is 5.88. The molecule has 0 saturated carbocycles. The molecule has 0 heterocycles. The van der Waals surface area contributed by atoms with Gasteiger partial charge in [-0.15, -0.1) is 0 Å². The van der Waals surface area contributed by atoms with E-state index >= 15 is 0 Å². The first-order valence-corrected chi connectivity index (χ1v) is 3.99. The highest BCUT2D eigenvalue weighted by Gasteiger charge is 2.30. The fourth-order valence-electron chi connectivity index (χ4n) is 0.973. The molecule has 1 aromatic rings. The van der Waals surface area contributed by atoms with Gasteiger partial charge in [-0.3, -0.25) is 10.0 Å². The number of hydroxylamine groups is 1. The molecule has 6 heteroatoms. The molecule has 3 nitrogen and oxygen atoms in total. The zero-order valence-electron chi connectivity index (χ0n) is 7.75. The molecule has 0 radical (unpaired) electrons. The van der Waals surface area contributed by atoms with Crippen molar-refractivity contribution in [1.29, 1.82) is 0 Å². The molecule has 0 aliphatic rings. The van der Waals surface area contributed by atoms with E-state index < -0.39 is 17.6 Å². The van der Waals surface area contributed by atoms with Crippen molar-refractivity contribution in [3.05, 3.63) is 29.8 Å². The lowest BCUT2D eigenvalue weighted by Crippen LogP contribution is -2.23. The lowest BCUT2D eigenvalue weighted by atomic mass is 10.2. The largest absolute Gasteiger partial charge is 0.416 e. The number of hydrogen-bond donors (Lipinski definition) is 1. The number of amides is 1. The third kappa shape index (κ3) is 2.69. The van der Waals surface area contributed by atoms with Crippen LogP contribution in [0.15, 0.2) is 24.3 Å². The lowest BCUT2D eigenvalue weighted by Gasteiger charge is -2.13. The van der Waals surface area contributed by atoms with E-state index in [4.69, 9.17) is 5.21 Å². The van der Waals surface area contributed by atoms with Gasteiger partial charge in [-0.25, -0.2) is 0 Å². The summed E-state index contributed by atoms with van der Waals surface area (Å²) in [5.41, 5.74) is -0.835. The average Bonchev–Trinajstić information content (AvgIpc) is 2.15. The van der Waals surface area contributed by atoms with E-state index in [2.05, 4.69) is 0 Å². The molecule has 0 aromatic heterocycles.